The Hall–Kier alpha value is -0.530. The maximum Gasteiger partial charge on any atom is 0.129 e. The molecule has 0 N–H and O–H groups in total. The third-order valence-corrected chi connectivity index (χ3v) is 0.530. The molecule has 2 nitrogen and oxygen atoms in total. The summed E-state index contributed by atoms with van der Waals surface area (Å²) in [4.78, 5) is 5.00. The molecule has 0 unspecified atom stereocenters. The van der Waals surface area contributed by atoms with Crippen LogP contribution in [0.2, 0.25) is 0 Å². The molecular weight excluding hydrogens is 114 g/mol. The van der Waals surface area contributed by atoms with E-state index in [-0.39, 0.29) is 5.60 Å². The Balaban J connectivity index is 3.38. The highest BCUT2D eigenvalue weighted by Crippen LogP contribution is 2.05. The van der Waals surface area contributed by atoms with E-state index >= 15 is 0 Å². The Morgan fingerprint density at radius 3 is 2.44 bits per heavy atom. The molecule has 53 valence electrons. The Bertz CT molecular complexity index is 91.6. The van der Waals surface area contributed by atoms with Crippen molar-refractivity contribution >= 4 is 6.21 Å². The third-order valence-electron chi connectivity index (χ3n) is 0.530. The van der Waals surface area contributed by atoms with E-state index in [0.29, 0.717) is 6.42 Å². The summed E-state index contributed by atoms with van der Waals surface area (Å²) in [6.07, 6.45) is 2.32. The molecule has 0 rings (SSSR count). The normalized spacial score (nSPS) is 12.4. The molecule has 0 fully saturated rings. The molecule has 0 amide bonds. The van der Waals surface area contributed by atoms with Crippen LogP contribution < -0.4 is 0 Å². The molecule has 0 heterocycles. The Morgan fingerprint density at radius 1 is 1.56 bits per heavy atom. The van der Waals surface area contributed by atoms with E-state index in [4.69, 9.17) is 4.84 Å². The average molecular weight is 128 g/mol. The molecule has 0 aliphatic rings. The molecule has 0 atom stereocenters. The molecule has 1 radical (unpaired) electrons. The van der Waals surface area contributed by atoms with Gasteiger partial charge in [-0.25, -0.2) is 0 Å². The number of rotatable bonds is 2. The highest BCUT2D eigenvalue weighted by atomic mass is 16.6. The molecule has 0 spiro atoms. The summed E-state index contributed by atoms with van der Waals surface area (Å²) in [5.41, 5.74) is -0.175. The SMILES string of the molecule is [CH2]CC=NOC(C)(C)C. The van der Waals surface area contributed by atoms with E-state index in [9.17, 15) is 0 Å². The average Bonchev–Trinajstić information content (AvgIpc) is 1.63. The summed E-state index contributed by atoms with van der Waals surface area (Å²) in [5, 5.41) is 3.67. The van der Waals surface area contributed by atoms with Crippen molar-refractivity contribution < 1.29 is 4.84 Å². The highest BCUT2D eigenvalue weighted by molar-refractivity contribution is 5.56. The highest BCUT2D eigenvalue weighted by Gasteiger charge is 2.08. The standard InChI is InChI=1S/C7H14NO/c1-5-6-8-9-7(2,3)4/h6H,1,5H2,2-4H3. The number of nitrogens with zero attached hydrogens (tertiary/aromatic N) is 1. The van der Waals surface area contributed by atoms with Gasteiger partial charge < -0.3 is 4.84 Å². The minimum atomic E-state index is -0.175. The molecule has 0 aromatic heterocycles. The molecule has 2 heteroatoms. The zero-order valence-corrected chi connectivity index (χ0v) is 6.35. The first-order chi connectivity index (χ1) is 4.06. The largest absolute Gasteiger partial charge is 0.390 e. The van der Waals surface area contributed by atoms with Gasteiger partial charge in [-0.1, -0.05) is 5.16 Å². The molecular formula is C7H14NO. The van der Waals surface area contributed by atoms with Crippen molar-refractivity contribution in [1.29, 1.82) is 0 Å². The second-order valence-electron chi connectivity index (χ2n) is 2.78. The second-order valence-corrected chi connectivity index (χ2v) is 2.78. The van der Waals surface area contributed by atoms with Gasteiger partial charge in [0.2, 0.25) is 0 Å². The lowest BCUT2D eigenvalue weighted by molar-refractivity contribution is 0.00167. The van der Waals surface area contributed by atoms with Crippen molar-refractivity contribution in [2.45, 2.75) is 32.8 Å². The van der Waals surface area contributed by atoms with Crippen LogP contribution in [0.5, 0.6) is 0 Å². The number of hydrogen-bond donors (Lipinski definition) is 0. The Labute approximate surface area is 56.9 Å². The predicted molar refractivity (Wildman–Crippen MR) is 39.3 cm³/mol. The van der Waals surface area contributed by atoms with Crippen molar-refractivity contribution in [1.82, 2.24) is 0 Å². The quantitative estimate of drug-likeness (QED) is 0.412. The Morgan fingerprint density at radius 2 is 2.11 bits per heavy atom. The van der Waals surface area contributed by atoms with Gasteiger partial charge in [0.25, 0.3) is 0 Å². The molecule has 0 bridgehead atoms. The molecule has 9 heavy (non-hydrogen) atoms. The van der Waals surface area contributed by atoms with Gasteiger partial charge in [-0.05, 0) is 34.1 Å². The zero-order chi connectivity index (χ0) is 7.33. The maximum absolute atomic E-state index is 5.00. The van der Waals surface area contributed by atoms with Crippen LogP contribution in [0.1, 0.15) is 27.2 Å². The maximum atomic E-state index is 5.00. The molecule has 0 aromatic carbocycles. The summed E-state index contributed by atoms with van der Waals surface area (Å²) in [7, 11) is 0. The lowest BCUT2D eigenvalue weighted by atomic mass is 10.2. The molecule has 0 saturated carbocycles. The molecule has 0 aliphatic heterocycles. The van der Waals surface area contributed by atoms with Crippen molar-refractivity contribution in [3.8, 4) is 0 Å². The fourth-order valence-corrected chi connectivity index (χ4v) is 0.248. The molecule has 0 aliphatic carbocycles. The minimum absolute atomic E-state index is 0.175. The van der Waals surface area contributed by atoms with E-state index in [1.165, 1.54) is 0 Å². The summed E-state index contributed by atoms with van der Waals surface area (Å²) in [6.45, 7) is 9.43. The first-order valence-corrected chi connectivity index (χ1v) is 3.05. The summed E-state index contributed by atoms with van der Waals surface area (Å²) >= 11 is 0. The van der Waals surface area contributed by atoms with Gasteiger partial charge in [-0.3, -0.25) is 0 Å². The smallest absolute Gasteiger partial charge is 0.129 e. The fraction of sp³-hybridized carbons (Fsp3) is 0.714. The van der Waals surface area contributed by atoms with Gasteiger partial charge in [0, 0.05) is 6.21 Å². The van der Waals surface area contributed by atoms with Crippen LogP contribution >= 0.6 is 0 Å². The summed E-state index contributed by atoms with van der Waals surface area (Å²) < 4.78 is 0. The first kappa shape index (κ1) is 8.47. The monoisotopic (exact) mass is 128 g/mol. The van der Waals surface area contributed by atoms with Crippen LogP contribution in [0.15, 0.2) is 5.16 Å². The van der Waals surface area contributed by atoms with Crippen LogP contribution in [-0.2, 0) is 4.84 Å². The van der Waals surface area contributed by atoms with E-state index < -0.39 is 0 Å². The number of oxime groups is 1. The van der Waals surface area contributed by atoms with Crippen molar-refractivity contribution in [3.05, 3.63) is 6.92 Å². The van der Waals surface area contributed by atoms with Gasteiger partial charge in [0.05, 0.1) is 0 Å². The summed E-state index contributed by atoms with van der Waals surface area (Å²) in [6, 6.07) is 0. The Kier molecular flexibility index (Phi) is 3.28. The lowest BCUT2D eigenvalue weighted by Crippen LogP contribution is -2.15. The van der Waals surface area contributed by atoms with E-state index in [2.05, 4.69) is 12.1 Å². The minimum Gasteiger partial charge on any atom is -0.390 e. The summed E-state index contributed by atoms with van der Waals surface area (Å²) in [5.74, 6) is 0. The van der Waals surface area contributed by atoms with Crippen molar-refractivity contribution in [2.75, 3.05) is 0 Å². The third kappa shape index (κ3) is 7.47. The van der Waals surface area contributed by atoms with Gasteiger partial charge in [0.15, 0.2) is 0 Å². The van der Waals surface area contributed by atoms with Gasteiger partial charge in [0.1, 0.15) is 5.60 Å². The lowest BCUT2D eigenvalue weighted by Gasteiger charge is -2.14. The first-order valence-electron chi connectivity index (χ1n) is 3.05. The predicted octanol–water partition coefficient (Wildman–Crippen LogP) is 2.01. The van der Waals surface area contributed by atoms with Crippen molar-refractivity contribution in [3.63, 3.8) is 0 Å². The number of hydrogen-bond acceptors (Lipinski definition) is 2. The fourth-order valence-electron chi connectivity index (χ4n) is 0.248. The molecule has 0 saturated heterocycles. The molecule has 0 aromatic rings. The van der Waals surface area contributed by atoms with Gasteiger partial charge >= 0.3 is 0 Å². The van der Waals surface area contributed by atoms with E-state index in [1.807, 2.05) is 20.8 Å². The van der Waals surface area contributed by atoms with Crippen molar-refractivity contribution in [2.24, 2.45) is 5.16 Å². The van der Waals surface area contributed by atoms with Crippen LogP contribution in [0.25, 0.3) is 0 Å². The van der Waals surface area contributed by atoms with Crippen LogP contribution in [0, 0.1) is 6.92 Å². The van der Waals surface area contributed by atoms with E-state index in [1.54, 1.807) is 6.21 Å². The van der Waals surface area contributed by atoms with Gasteiger partial charge in [-0.2, -0.15) is 0 Å². The van der Waals surface area contributed by atoms with Crippen LogP contribution in [-0.4, -0.2) is 11.8 Å². The second kappa shape index (κ2) is 3.49. The van der Waals surface area contributed by atoms with Gasteiger partial charge in [-0.15, -0.1) is 0 Å². The topological polar surface area (TPSA) is 21.6 Å². The van der Waals surface area contributed by atoms with Crippen LogP contribution in [0.3, 0.4) is 0 Å². The zero-order valence-electron chi connectivity index (χ0n) is 6.35. The van der Waals surface area contributed by atoms with Crippen LogP contribution in [0.4, 0.5) is 0 Å². The van der Waals surface area contributed by atoms with E-state index in [0.717, 1.165) is 0 Å².